The number of carbonyl (C=O) groups excluding carboxylic acids is 2. The second-order valence-corrected chi connectivity index (χ2v) is 11.9. The van der Waals surface area contributed by atoms with Crippen LogP contribution >= 0.6 is 23.4 Å². The van der Waals surface area contributed by atoms with Crippen LogP contribution in [-0.4, -0.2) is 66.0 Å². The molecule has 0 spiro atoms. The van der Waals surface area contributed by atoms with Gasteiger partial charge in [-0.3, -0.25) is 14.5 Å². The Bertz CT molecular complexity index is 1270. The Kier molecular flexibility index (Phi) is 8.31. The van der Waals surface area contributed by atoms with Gasteiger partial charge in [0.2, 0.25) is 11.8 Å². The fraction of sp³-hybridized carbons (Fsp3) is 0.393. The summed E-state index contributed by atoms with van der Waals surface area (Å²) in [7, 11) is 3.91. The molecule has 1 N–H and O–H groups in total. The first kappa shape index (κ1) is 27.2. The van der Waals surface area contributed by atoms with Crippen LogP contribution in [0.15, 0.2) is 54.6 Å². The SMILES string of the molecule is CN(C)CCNC(=O)CN1C(=O)CSC(c2ccccc2Cl)c2c(-c3ccccc3)nn(C(C)(C)C)c21. The average Bonchev–Trinajstić information content (AvgIpc) is 3.19. The first-order valence-corrected chi connectivity index (χ1v) is 13.8. The van der Waals surface area contributed by atoms with Crippen molar-refractivity contribution < 1.29 is 9.59 Å². The molecule has 2 aromatic carbocycles. The summed E-state index contributed by atoms with van der Waals surface area (Å²) in [4.78, 5) is 30.3. The van der Waals surface area contributed by atoms with E-state index in [0.717, 1.165) is 22.4 Å². The number of amides is 2. The van der Waals surface area contributed by atoms with Crippen LogP contribution in [0.2, 0.25) is 5.02 Å². The van der Waals surface area contributed by atoms with Crippen LogP contribution in [0.4, 0.5) is 5.82 Å². The minimum Gasteiger partial charge on any atom is -0.353 e. The number of thioether (sulfide) groups is 1. The van der Waals surface area contributed by atoms with E-state index in [9.17, 15) is 9.59 Å². The summed E-state index contributed by atoms with van der Waals surface area (Å²) in [6.07, 6.45) is 0. The van der Waals surface area contributed by atoms with E-state index in [0.29, 0.717) is 23.9 Å². The summed E-state index contributed by atoms with van der Waals surface area (Å²) in [5.41, 5.74) is 3.11. The number of hydrogen-bond donors (Lipinski definition) is 1. The van der Waals surface area contributed by atoms with Crippen molar-refractivity contribution in [2.45, 2.75) is 31.6 Å². The molecular formula is C28H34ClN5O2S. The molecule has 37 heavy (non-hydrogen) atoms. The first-order chi connectivity index (χ1) is 17.6. The van der Waals surface area contributed by atoms with E-state index < -0.39 is 5.54 Å². The standard InChI is InChI=1S/C28H34ClN5O2S/c1-28(2,3)34-27-24(25(31-34)19-11-7-6-8-12-19)26(20-13-9-10-14-21(20)29)37-18-23(36)33(27)17-22(35)30-15-16-32(4)5/h6-14,26H,15-18H2,1-5H3,(H,30,35). The largest absolute Gasteiger partial charge is 0.353 e. The Morgan fingerprint density at radius 2 is 1.81 bits per heavy atom. The van der Waals surface area contributed by atoms with Crippen LogP contribution < -0.4 is 10.2 Å². The number of hydrogen-bond acceptors (Lipinski definition) is 5. The zero-order valence-electron chi connectivity index (χ0n) is 22.0. The fourth-order valence-corrected chi connectivity index (χ4v) is 5.89. The Morgan fingerprint density at radius 3 is 2.46 bits per heavy atom. The second-order valence-electron chi connectivity index (χ2n) is 10.4. The molecule has 0 saturated heterocycles. The number of likely N-dealkylation sites (N-methyl/N-ethyl adjacent to an activating group) is 1. The van der Waals surface area contributed by atoms with Crippen molar-refractivity contribution in [2.75, 3.05) is 44.4 Å². The quantitative estimate of drug-likeness (QED) is 0.467. The number of nitrogens with zero attached hydrogens (tertiary/aromatic N) is 4. The fourth-order valence-electron chi connectivity index (χ4n) is 4.35. The molecule has 9 heteroatoms. The maximum absolute atomic E-state index is 13.6. The van der Waals surface area contributed by atoms with Crippen LogP contribution in [-0.2, 0) is 15.1 Å². The number of anilines is 1. The zero-order valence-corrected chi connectivity index (χ0v) is 23.6. The Hall–Kier alpha value is -2.81. The molecular weight excluding hydrogens is 506 g/mol. The third kappa shape index (κ3) is 6.03. The van der Waals surface area contributed by atoms with E-state index in [4.69, 9.17) is 16.7 Å². The second kappa shape index (κ2) is 11.3. The monoisotopic (exact) mass is 539 g/mol. The number of fused-ring (bicyclic) bond motifs is 1. The lowest BCUT2D eigenvalue weighted by molar-refractivity contribution is -0.123. The van der Waals surface area contributed by atoms with E-state index in [1.54, 1.807) is 4.90 Å². The van der Waals surface area contributed by atoms with E-state index >= 15 is 0 Å². The Morgan fingerprint density at radius 1 is 1.14 bits per heavy atom. The summed E-state index contributed by atoms with van der Waals surface area (Å²) in [5, 5.41) is 8.44. The summed E-state index contributed by atoms with van der Waals surface area (Å²) in [6.45, 7) is 7.30. The molecule has 2 heterocycles. The van der Waals surface area contributed by atoms with Crippen molar-refractivity contribution in [3.8, 4) is 11.3 Å². The van der Waals surface area contributed by atoms with Crippen molar-refractivity contribution in [3.63, 3.8) is 0 Å². The van der Waals surface area contributed by atoms with E-state index in [1.165, 1.54) is 11.8 Å². The van der Waals surface area contributed by atoms with Crippen molar-refractivity contribution >= 4 is 41.0 Å². The molecule has 7 nitrogen and oxygen atoms in total. The molecule has 3 aromatic rings. The number of nitrogens with one attached hydrogen (secondary N) is 1. The van der Waals surface area contributed by atoms with Crippen LogP contribution in [0, 0.1) is 0 Å². The molecule has 1 aliphatic heterocycles. The van der Waals surface area contributed by atoms with Crippen LogP contribution in [0.3, 0.4) is 0 Å². The molecule has 4 rings (SSSR count). The maximum Gasteiger partial charge on any atom is 0.240 e. The van der Waals surface area contributed by atoms with Gasteiger partial charge in [0.25, 0.3) is 0 Å². The van der Waals surface area contributed by atoms with Crippen LogP contribution in [0.25, 0.3) is 11.3 Å². The summed E-state index contributed by atoms with van der Waals surface area (Å²) in [5.74, 6) is 0.529. The molecule has 0 bridgehead atoms. The van der Waals surface area contributed by atoms with Crippen molar-refractivity contribution in [2.24, 2.45) is 0 Å². The molecule has 0 aliphatic carbocycles. The highest BCUT2D eigenvalue weighted by molar-refractivity contribution is 8.00. The van der Waals surface area contributed by atoms with Gasteiger partial charge < -0.3 is 10.2 Å². The van der Waals surface area contributed by atoms with Crippen LogP contribution in [0.1, 0.15) is 37.1 Å². The summed E-state index contributed by atoms with van der Waals surface area (Å²) in [6, 6.07) is 17.7. The molecule has 0 saturated carbocycles. The van der Waals surface area contributed by atoms with Gasteiger partial charge in [0, 0.05) is 29.2 Å². The minimum atomic E-state index is -0.447. The maximum atomic E-state index is 13.6. The molecule has 0 radical (unpaired) electrons. The van der Waals surface area contributed by atoms with Gasteiger partial charge in [-0.1, -0.05) is 60.1 Å². The molecule has 196 valence electrons. The lowest BCUT2D eigenvalue weighted by Crippen LogP contribution is -2.44. The van der Waals surface area contributed by atoms with Gasteiger partial charge in [-0.25, -0.2) is 4.68 Å². The molecule has 1 unspecified atom stereocenters. The number of benzene rings is 2. The lowest BCUT2D eigenvalue weighted by Gasteiger charge is -2.29. The minimum absolute atomic E-state index is 0.0783. The van der Waals surface area contributed by atoms with E-state index in [2.05, 4.69) is 26.1 Å². The van der Waals surface area contributed by atoms with Crippen molar-refractivity contribution in [1.82, 2.24) is 20.0 Å². The third-order valence-electron chi connectivity index (χ3n) is 6.14. The highest BCUT2D eigenvalue weighted by Crippen LogP contribution is 2.50. The topological polar surface area (TPSA) is 70.5 Å². The normalized spacial score (nSPS) is 16.0. The smallest absolute Gasteiger partial charge is 0.240 e. The van der Waals surface area contributed by atoms with Gasteiger partial charge in [-0.05, 0) is 46.5 Å². The van der Waals surface area contributed by atoms with Gasteiger partial charge in [-0.15, -0.1) is 11.8 Å². The number of aromatic nitrogens is 2. The predicted molar refractivity (Wildman–Crippen MR) is 152 cm³/mol. The highest BCUT2D eigenvalue weighted by Gasteiger charge is 2.39. The van der Waals surface area contributed by atoms with Gasteiger partial charge >= 0.3 is 0 Å². The zero-order chi connectivity index (χ0) is 26.7. The molecule has 1 aromatic heterocycles. The molecule has 2 amide bonds. The average molecular weight is 540 g/mol. The molecule has 0 fully saturated rings. The first-order valence-electron chi connectivity index (χ1n) is 12.3. The highest BCUT2D eigenvalue weighted by atomic mass is 35.5. The van der Waals surface area contributed by atoms with Gasteiger partial charge in [-0.2, -0.15) is 5.10 Å². The molecule has 1 aliphatic rings. The van der Waals surface area contributed by atoms with Gasteiger partial charge in [0.15, 0.2) is 0 Å². The predicted octanol–water partition coefficient (Wildman–Crippen LogP) is 4.81. The summed E-state index contributed by atoms with van der Waals surface area (Å²) >= 11 is 8.23. The lowest BCUT2D eigenvalue weighted by atomic mass is 9.99. The Labute approximate surface area is 228 Å². The van der Waals surface area contributed by atoms with Crippen molar-refractivity contribution in [1.29, 1.82) is 0 Å². The number of halogens is 1. The van der Waals surface area contributed by atoms with Gasteiger partial charge in [0.1, 0.15) is 12.4 Å². The summed E-state index contributed by atoms with van der Waals surface area (Å²) < 4.78 is 1.89. The Balaban J connectivity index is 1.91. The van der Waals surface area contributed by atoms with Gasteiger partial charge in [0.05, 0.1) is 22.2 Å². The van der Waals surface area contributed by atoms with Crippen molar-refractivity contribution in [3.05, 3.63) is 70.7 Å². The number of rotatable bonds is 7. The van der Waals surface area contributed by atoms with E-state index in [1.807, 2.05) is 78.3 Å². The molecule has 1 atom stereocenters. The third-order valence-corrected chi connectivity index (χ3v) is 7.72. The van der Waals surface area contributed by atoms with Crippen LogP contribution in [0.5, 0.6) is 0 Å². The number of carbonyl (C=O) groups is 2. The van der Waals surface area contributed by atoms with E-state index in [-0.39, 0.29) is 29.4 Å².